The van der Waals surface area contributed by atoms with Gasteiger partial charge in [-0.15, -0.1) is 0 Å². The van der Waals surface area contributed by atoms with Crippen LogP contribution in [0.3, 0.4) is 0 Å². The molecule has 0 aliphatic carbocycles. The zero-order valence-corrected chi connectivity index (χ0v) is 10.2. The van der Waals surface area contributed by atoms with Gasteiger partial charge in [0.15, 0.2) is 11.5 Å². The second-order valence-electron chi connectivity index (χ2n) is 3.04. The van der Waals surface area contributed by atoms with Crippen molar-refractivity contribution in [3.05, 3.63) is 34.5 Å². The fourth-order valence-corrected chi connectivity index (χ4v) is 1.50. The molecule has 0 fully saturated rings. The van der Waals surface area contributed by atoms with Crippen molar-refractivity contribution in [1.82, 2.24) is 25.1 Å². The highest BCUT2D eigenvalue weighted by Gasteiger charge is 2.11. The fraction of sp³-hybridized carbons (Fsp3) is 0.111. The van der Waals surface area contributed by atoms with E-state index in [9.17, 15) is 4.79 Å². The van der Waals surface area contributed by atoms with Crippen LogP contribution in [0.15, 0.2) is 18.5 Å². The topological polar surface area (TPSA) is 72.7 Å². The van der Waals surface area contributed by atoms with E-state index in [1.807, 2.05) is 0 Å². The Kier molecular flexibility index (Phi) is 3.26. The lowest BCUT2D eigenvalue weighted by atomic mass is 10.4. The predicted octanol–water partition coefficient (Wildman–Crippen LogP) is 1.33. The van der Waals surface area contributed by atoms with E-state index in [4.69, 9.17) is 23.2 Å². The summed E-state index contributed by atoms with van der Waals surface area (Å²) in [5, 5.41) is 6.84. The average molecular weight is 272 g/mol. The second-order valence-corrected chi connectivity index (χ2v) is 3.78. The predicted molar refractivity (Wildman–Crippen MR) is 62.6 cm³/mol. The summed E-state index contributed by atoms with van der Waals surface area (Å²) in [5.41, 5.74) is 0.262. The normalized spacial score (nSPS) is 10.3. The summed E-state index contributed by atoms with van der Waals surface area (Å²) in [4.78, 5) is 19.0. The molecule has 1 N–H and O–H groups in total. The van der Waals surface area contributed by atoms with Crippen molar-refractivity contribution in [3.8, 4) is 5.82 Å². The molecule has 2 aromatic heterocycles. The molecule has 0 aromatic carbocycles. The number of halogens is 2. The molecular formula is C9H7Cl2N5O. The number of carbonyl (C=O) groups is 1. The molecule has 88 valence electrons. The first kappa shape index (κ1) is 11.8. The summed E-state index contributed by atoms with van der Waals surface area (Å²) in [7, 11) is 1.52. The van der Waals surface area contributed by atoms with Gasteiger partial charge in [0.2, 0.25) is 5.28 Å². The molecule has 8 heteroatoms. The summed E-state index contributed by atoms with van der Waals surface area (Å²) in [6.07, 6.45) is 2.93. The molecule has 1 amide bonds. The van der Waals surface area contributed by atoms with Crippen LogP contribution in [0, 0.1) is 0 Å². The monoisotopic (exact) mass is 271 g/mol. The van der Waals surface area contributed by atoms with Gasteiger partial charge in [-0.05, 0) is 17.7 Å². The highest BCUT2D eigenvalue weighted by Crippen LogP contribution is 2.18. The number of aromatic nitrogens is 4. The summed E-state index contributed by atoms with van der Waals surface area (Å²) in [6, 6.07) is 1.55. The summed E-state index contributed by atoms with van der Waals surface area (Å²) in [5.74, 6) is 0.0295. The van der Waals surface area contributed by atoms with Crippen molar-refractivity contribution < 1.29 is 4.79 Å². The van der Waals surface area contributed by atoms with Crippen molar-refractivity contribution >= 4 is 29.1 Å². The molecule has 2 heterocycles. The molecule has 2 rings (SSSR count). The first-order valence-corrected chi connectivity index (χ1v) is 5.33. The average Bonchev–Trinajstić information content (AvgIpc) is 2.80. The Balaban J connectivity index is 2.43. The molecule has 0 atom stereocenters. The van der Waals surface area contributed by atoms with Gasteiger partial charge in [-0.1, -0.05) is 11.6 Å². The third-order valence-electron chi connectivity index (χ3n) is 1.96. The zero-order chi connectivity index (χ0) is 12.4. The van der Waals surface area contributed by atoms with Gasteiger partial charge >= 0.3 is 0 Å². The van der Waals surface area contributed by atoms with E-state index in [0.29, 0.717) is 10.8 Å². The Labute approximate surface area is 107 Å². The standard InChI is InChI=1S/C9H7Cl2N5O/c1-12-8(17)6-2-3-16(15-6)7-5(10)4-13-9(11)14-7/h2-4H,1H3,(H,12,17). The quantitative estimate of drug-likeness (QED) is 0.837. The smallest absolute Gasteiger partial charge is 0.271 e. The van der Waals surface area contributed by atoms with E-state index < -0.39 is 0 Å². The van der Waals surface area contributed by atoms with Crippen LogP contribution in [0.1, 0.15) is 10.5 Å². The summed E-state index contributed by atoms with van der Waals surface area (Å²) in [6.45, 7) is 0. The molecule has 0 aliphatic rings. The fourth-order valence-electron chi connectivity index (χ4n) is 1.19. The number of hydrogen-bond donors (Lipinski definition) is 1. The van der Waals surface area contributed by atoms with Gasteiger partial charge in [0.25, 0.3) is 5.91 Å². The zero-order valence-electron chi connectivity index (χ0n) is 8.69. The molecule has 0 bridgehead atoms. The number of amides is 1. The maximum absolute atomic E-state index is 11.3. The molecule has 2 aromatic rings. The van der Waals surface area contributed by atoms with Crippen molar-refractivity contribution in [2.75, 3.05) is 7.05 Å². The lowest BCUT2D eigenvalue weighted by molar-refractivity contribution is 0.0957. The van der Waals surface area contributed by atoms with Crippen molar-refractivity contribution in [2.45, 2.75) is 0 Å². The van der Waals surface area contributed by atoms with Gasteiger partial charge in [-0.2, -0.15) is 10.1 Å². The second kappa shape index (κ2) is 4.68. The van der Waals surface area contributed by atoms with E-state index in [1.54, 1.807) is 12.3 Å². The van der Waals surface area contributed by atoms with E-state index >= 15 is 0 Å². The Morgan fingerprint density at radius 3 is 2.94 bits per heavy atom. The van der Waals surface area contributed by atoms with Crippen LogP contribution in [0.4, 0.5) is 0 Å². The lowest BCUT2D eigenvalue weighted by Gasteiger charge is -2.02. The van der Waals surface area contributed by atoms with Crippen LogP contribution < -0.4 is 5.32 Å². The molecule has 0 saturated carbocycles. The number of nitrogens with zero attached hydrogens (tertiary/aromatic N) is 4. The minimum absolute atomic E-state index is 0.0568. The van der Waals surface area contributed by atoms with Gasteiger partial charge in [-0.25, -0.2) is 9.67 Å². The van der Waals surface area contributed by atoms with Crippen LogP contribution in [-0.2, 0) is 0 Å². The molecule has 6 nitrogen and oxygen atoms in total. The SMILES string of the molecule is CNC(=O)c1ccn(-c2nc(Cl)ncc2Cl)n1. The van der Waals surface area contributed by atoms with Crippen LogP contribution in [0.25, 0.3) is 5.82 Å². The molecule has 0 saturated heterocycles. The summed E-state index contributed by atoms with van der Waals surface area (Å²) < 4.78 is 1.36. The minimum atomic E-state index is -0.292. The lowest BCUT2D eigenvalue weighted by Crippen LogP contribution is -2.18. The summed E-state index contributed by atoms with van der Waals surface area (Å²) >= 11 is 11.6. The Morgan fingerprint density at radius 2 is 2.24 bits per heavy atom. The van der Waals surface area contributed by atoms with Crippen LogP contribution >= 0.6 is 23.2 Å². The number of rotatable bonds is 2. The highest BCUT2D eigenvalue weighted by molar-refractivity contribution is 6.32. The molecule has 0 unspecified atom stereocenters. The van der Waals surface area contributed by atoms with E-state index in [0.717, 1.165) is 0 Å². The largest absolute Gasteiger partial charge is 0.354 e. The van der Waals surface area contributed by atoms with Gasteiger partial charge in [0, 0.05) is 13.2 Å². The molecular weight excluding hydrogens is 265 g/mol. The van der Waals surface area contributed by atoms with Crippen LogP contribution in [0.5, 0.6) is 0 Å². The van der Waals surface area contributed by atoms with Gasteiger partial charge in [0.05, 0.1) is 6.20 Å². The van der Waals surface area contributed by atoms with E-state index in [-0.39, 0.29) is 16.9 Å². The number of nitrogens with one attached hydrogen (secondary N) is 1. The Bertz CT molecular complexity index is 568. The number of hydrogen-bond acceptors (Lipinski definition) is 4. The van der Waals surface area contributed by atoms with Gasteiger partial charge in [0.1, 0.15) is 5.02 Å². The highest BCUT2D eigenvalue weighted by atomic mass is 35.5. The maximum atomic E-state index is 11.3. The van der Waals surface area contributed by atoms with Crippen molar-refractivity contribution in [1.29, 1.82) is 0 Å². The molecule has 17 heavy (non-hydrogen) atoms. The Morgan fingerprint density at radius 1 is 1.47 bits per heavy atom. The van der Waals surface area contributed by atoms with E-state index in [2.05, 4.69) is 20.4 Å². The first-order valence-electron chi connectivity index (χ1n) is 4.58. The molecule has 0 radical (unpaired) electrons. The minimum Gasteiger partial charge on any atom is -0.354 e. The van der Waals surface area contributed by atoms with Gasteiger partial charge in [-0.3, -0.25) is 4.79 Å². The van der Waals surface area contributed by atoms with E-state index in [1.165, 1.54) is 17.9 Å². The van der Waals surface area contributed by atoms with Crippen molar-refractivity contribution in [3.63, 3.8) is 0 Å². The van der Waals surface area contributed by atoms with Crippen LogP contribution in [-0.4, -0.2) is 32.7 Å². The first-order chi connectivity index (χ1) is 8.11. The van der Waals surface area contributed by atoms with Crippen LogP contribution in [0.2, 0.25) is 10.3 Å². The van der Waals surface area contributed by atoms with Crippen molar-refractivity contribution in [2.24, 2.45) is 0 Å². The Hall–Kier alpha value is -1.66. The molecule has 0 aliphatic heterocycles. The third kappa shape index (κ3) is 2.37. The molecule has 0 spiro atoms. The number of carbonyl (C=O) groups excluding carboxylic acids is 1. The third-order valence-corrected chi connectivity index (χ3v) is 2.41. The maximum Gasteiger partial charge on any atom is 0.271 e. The van der Waals surface area contributed by atoms with Gasteiger partial charge < -0.3 is 5.32 Å².